The molecule has 0 radical (unpaired) electrons. The number of carbonyl (C=O) groups is 1. The van der Waals surface area contributed by atoms with Crippen molar-refractivity contribution in [3.05, 3.63) is 31.0 Å². The number of hydrogen-bond acceptors (Lipinski definition) is 5. The fourth-order valence-corrected chi connectivity index (χ4v) is 2.23. The van der Waals surface area contributed by atoms with Crippen LogP contribution in [0.2, 0.25) is 0 Å². The molecule has 0 aromatic carbocycles. The second-order valence-electron chi connectivity index (χ2n) is 4.82. The van der Waals surface area contributed by atoms with Crippen molar-refractivity contribution in [3.63, 3.8) is 0 Å². The summed E-state index contributed by atoms with van der Waals surface area (Å²) in [5, 5.41) is 9.92. The number of nitrogens with zero attached hydrogens (tertiary/aromatic N) is 5. The molecule has 3 aromatic heterocycles. The molecule has 2 N–H and O–H groups in total. The lowest BCUT2D eigenvalue weighted by molar-refractivity contribution is -0.119. The van der Waals surface area contributed by atoms with E-state index < -0.39 is 0 Å². The van der Waals surface area contributed by atoms with Crippen LogP contribution in [0.3, 0.4) is 0 Å². The van der Waals surface area contributed by atoms with Crippen LogP contribution >= 0.6 is 0 Å². The lowest BCUT2D eigenvalue weighted by Gasteiger charge is -2.07. The van der Waals surface area contributed by atoms with Crippen LogP contribution < -0.4 is 10.6 Å². The number of nitrogens with one attached hydrogen (secondary N) is 2. The van der Waals surface area contributed by atoms with Crippen molar-refractivity contribution in [2.75, 3.05) is 18.4 Å². The van der Waals surface area contributed by atoms with Crippen molar-refractivity contribution in [2.45, 2.75) is 6.92 Å². The molecule has 3 rings (SSSR count). The van der Waals surface area contributed by atoms with Crippen LogP contribution in [0.1, 0.15) is 6.92 Å². The van der Waals surface area contributed by atoms with Gasteiger partial charge in [-0.05, 0) is 6.92 Å². The van der Waals surface area contributed by atoms with Gasteiger partial charge in [-0.2, -0.15) is 5.10 Å². The zero-order chi connectivity index (χ0) is 15.5. The highest BCUT2D eigenvalue weighted by molar-refractivity contribution is 5.82. The molecule has 0 fully saturated rings. The third-order valence-electron chi connectivity index (χ3n) is 3.22. The highest BCUT2D eigenvalue weighted by Gasteiger charge is 2.11. The van der Waals surface area contributed by atoms with E-state index in [-0.39, 0.29) is 12.5 Å². The number of aryl methyl sites for hydroxylation is 1. The number of aromatic nitrogens is 5. The molecule has 8 heteroatoms. The van der Waals surface area contributed by atoms with Crippen molar-refractivity contribution in [1.29, 1.82) is 0 Å². The number of imidazole rings is 1. The predicted octanol–water partition coefficient (Wildman–Crippen LogP) is 0.678. The first-order chi connectivity index (χ1) is 10.7. The molecule has 0 saturated carbocycles. The number of rotatable bonds is 5. The number of fused-ring (bicyclic) bond motifs is 1. The zero-order valence-corrected chi connectivity index (χ0v) is 12.4. The Morgan fingerprint density at radius 3 is 2.91 bits per heavy atom. The van der Waals surface area contributed by atoms with Crippen molar-refractivity contribution in [2.24, 2.45) is 7.05 Å². The standard InChI is InChI=1S/C14H17N7O/c1-3-15-12(22)8-17-13-14-18-7-11(21(14)5-4-16-13)10-6-19-20(2)9-10/h4-7,9H,3,8H2,1-2H3,(H,15,22)(H,16,17). The van der Waals surface area contributed by atoms with Gasteiger partial charge in [0.05, 0.1) is 24.6 Å². The highest BCUT2D eigenvalue weighted by Crippen LogP contribution is 2.22. The number of hydrogen-bond donors (Lipinski definition) is 2. The molecule has 114 valence electrons. The molecule has 8 nitrogen and oxygen atoms in total. The maximum atomic E-state index is 11.5. The predicted molar refractivity (Wildman–Crippen MR) is 82.4 cm³/mol. The Balaban J connectivity index is 1.90. The van der Waals surface area contributed by atoms with Gasteiger partial charge in [0.25, 0.3) is 0 Å². The summed E-state index contributed by atoms with van der Waals surface area (Å²) in [4.78, 5) is 20.2. The Morgan fingerprint density at radius 1 is 1.32 bits per heavy atom. The van der Waals surface area contributed by atoms with Crippen LogP contribution in [-0.4, -0.2) is 43.1 Å². The summed E-state index contributed by atoms with van der Waals surface area (Å²) in [7, 11) is 1.87. The van der Waals surface area contributed by atoms with Crippen molar-refractivity contribution in [1.82, 2.24) is 29.5 Å². The minimum Gasteiger partial charge on any atom is -0.358 e. The third kappa shape index (κ3) is 2.62. The molecule has 1 amide bonds. The van der Waals surface area contributed by atoms with Crippen molar-refractivity contribution in [3.8, 4) is 11.3 Å². The van der Waals surface area contributed by atoms with Gasteiger partial charge in [-0.3, -0.25) is 13.9 Å². The topological polar surface area (TPSA) is 89.1 Å². The van der Waals surface area contributed by atoms with E-state index in [4.69, 9.17) is 0 Å². The van der Waals surface area contributed by atoms with Crippen LogP contribution in [-0.2, 0) is 11.8 Å². The van der Waals surface area contributed by atoms with Gasteiger partial charge in [0.2, 0.25) is 5.91 Å². The SMILES string of the molecule is CCNC(=O)CNc1nccn2c(-c3cnn(C)c3)cnc12. The van der Waals surface area contributed by atoms with E-state index in [0.29, 0.717) is 18.0 Å². The third-order valence-corrected chi connectivity index (χ3v) is 3.22. The van der Waals surface area contributed by atoms with Gasteiger partial charge in [-0.15, -0.1) is 0 Å². The highest BCUT2D eigenvalue weighted by atomic mass is 16.1. The molecular weight excluding hydrogens is 282 g/mol. The summed E-state index contributed by atoms with van der Waals surface area (Å²) in [5.41, 5.74) is 2.56. The number of carbonyl (C=O) groups excluding carboxylic acids is 1. The van der Waals surface area contributed by atoms with E-state index in [1.165, 1.54) is 0 Å². The molecule has 0 spiro atoms. The quantitative estimate of drug-likeness (QED) is 0.723. The normalized spacial score (nSPS) is 10.8. The van der Waals surface area contributed by atoms with Gasteiger partial charge in [0.1, 0.15) is 0 Å². The monoisotopic (exact) mass is 299 g/mol. The molecule has 3 heterocycles. The van der Waals surface area contributed by atoms with Gasteiger partial charge in [-0.25, -0.2) is 9.97 Å². The van der Waals surface area contributed by atoms with E-state index in [0.717, 1.165) is 11.3 Å². The fourth-order valence-electron chi connectivity index (χ4n) is 2.23. The van der Waals surface area contributed by atoms with E-state index in [1.54, 1.807) is 23.3 Å². The minimum absolute atomic E-state index is 0.0784. The molecule has 0 aliphatic heterocycles. The zero-order valence-electron chi connectivity index (χ0n) is 12.4. The second kappa shape index (κ2) is 5.84. The number of likely N-dealkylation sites (N-methyl/N-ethyl adjacent to an activating group) is 1. The molecular formula is C14H17N7O. The number of amides is 1. The summed E-state index contributed by atoms with van der Waals surface area (Å²) in [6, 6.07) is 0. The summed E-state index contributed by atoms with van der Waals surface area (Å²) < 4.78 is 3.66. The molecule has 0 atom stereocenters. The van der Waals surface area contributed by atoms with Gasteiger partial charge < -0.3 is 10.6 Å². The maximum Gasteiger partial charge on any atom is 0.239 e. The van der Waals surface area contributed by atoms with Crippen molar-refractivity contribution < 1.29 is 4.79 Å². The molecule has 0 unspecified atom stereocenters. The summed E-state index contributed by atoms with van der Waals surface area (Å²) in [5.74, 6) is 0.495. The summed E-state index contributed by atoms with van der Waals surface area (Å²) in [6.45, 7) is 2.65. The molecule has 0 saturated heterocycles. The molecule has 0 bridgehead atoms. The molecule has 22 heavy (non-hydrogen) atoms. The van der Waals surface area contributed by atoms with Crippen LogP contribution in [0.15, 0.2) is 31.0 Å². The van der Waals surface area contributed by atoms with E-state index >= 15 is 0 Å². The Kier molecular flexibility index (Phi) is 3.73. The Labute approximate surface area is 127 Å². The van der Waals surface area contributed by atoms with Crippen molar-refractivity contribution >= 4 is 17.4 Å². The summed E-state index contributed by atoms with van der Waals surface area (Å²) >= 11 is 0. The van der Waals surface area contributed by atoms with Gasteiger partial charge in [0.15, 0.2) is 11.5 Å². The summed E-state index contributed by atoms with van der Waals surface area (Å²) in [6.07, 6.45) is 8.99. The van der Waals surface area contributed by atoms with Crippen LogP contribution in [0.5, 0.6) is 0 Å². The van der Waals surface area contributed by atoms with Crippen LogP contribution in [0, 0.1) is 0 Å². The van der Waals surface area contributed by atoms with Gasteiger partial charge >= 0.3 is 0 Å². The Bertz CT molecular complexity index is 804. The van der Waals surface area contributed by atoms with Crippen LogP contribution in [0.25, 0.3) is 16.9 Å². The van der Waals surface area contributed by atoms with Gasteiger partial charge in [-0.1, -0.05) is 0 Å². The molecule has 0 aliphatic rings. The minimum atomic E-state index is -0.0784. The lowest BCUT2D eigenvalue weighted by atomic mass is 10.3. The largest absolute Gasteiger partial charge is 0.358 e. The van der Waals surface area contributed by atoms with Gasteiger partial charge in [0, 0.05) is 37.7 Å². The first kappa shape index (κ1) is 14.1. The molecule has 3 aromatic rings. The average molecular weight is 299 g/mol. The molecule has 0 aliphatic carbocycles. The lowest BCUT2D eigenvalue weighted by Crippen LogP contribution is -2.29. The first-order valence-corrected chi connectivity index (χ1v) is 7.00. The fraction of sp³-hybridized carbons (Fsp3) is 0.286. The average Bonchev–Trinajstić information content (AvgIpc) is 3.11. The Hall–Kier alpha value is -2.90. The second-order valence-corrected chi connectivity index (χ2v) is 4.82. The van der Waals surface area contributed by atoms with E-state index in [9.17, 15) is 4.79 Å². The van der Waals surface area contributed by atoms with E-state index in [1.807, 2.05) is 30.8 Å². The van der Waals surface area contributed by atoms with Crippen LogP contribution in [0.4, 0.5) is 5.82 Å². The number of anilines is 1. The maximum absolute atomic E-state index is 11.5. The smallest absolute Gasteiger partial charge is 0.239 e. The Morgan fingerprint density at radius 2 is 2.18 bits per heavy atom. The first-order valence-electron chi connectivity index (χ1n) is 7.00. The van der Waals surface area contributed by atoms with E-state index in [2.05, 4.69) is 25.7 Å².